The van der Waals surface area contributed by atoms with E-state index in [9.17, 15) is 10.2 Å². The molecule has 0 saturated heterocycles. The van der Waals surface area contributed by atoms with Crippen molar-refractivity contribution < 1.29 is 10.2 Å². The molecule has 0 amide bonds. The average molecular weight is 347 g/mol. The number of hydrogen-bond acceptors (Lipinski definition) is 2. The van der Waals surface area contributed by atoms with Crippen LogP contribution in [0.15, 0.2) is 11.6 Å². The molecule has 0 aliphatic heterocycles. The summed E-state index contributed by atoms with van der Waals surface area (Å²) < 4.78 is 0. The number of fused-ring (bicyclic) bond motifs is 5. The highest BCUT2D eigenvalue weighted by Crippen LogP contribution is 2.66. The van der Waals surface area contributed by atoms with E-state index in [1.807, 2.05) is 0 Å². The van der Waals surface area contributed by atoms with Gasteiger partial charge in [0.1, 0.15) is 0 Å². The van der Waals surface area contributed by atoms with Crippen LogP contribution in [0.3, 0.4) is 0 Å². The second kappa shape index (κ2) is 6.37. The summed E-state index contributed by atoms with van der Waals surface area (Å²) >= 11 is 0. The van der Waals surface area contributed by atoms with Crippen molar-refractivity contribution in [3.05, 3.63) is 11.6 Å². The van der Waals surface area contributed by atoms with Crippen LogP contribution in [-0.4, -0.2) is 22.9 Å². The average Bonchev–Trinajstić information content (AvgIpc) is 2.93. The Labute approximate surface area is 154 Å². The Morgan fingerprint density at radius 1 is 1.16 bits per heavy atom. The molecule has 0 aromatic heterocycles. The lowest BCUT2D eigenvalue weighted by Crippen LogP contribution is -2.48. The first-order valence-corrected chi connectivity index (χ1v) is 10.9. The molecular weight excluding hydrogens is 308 g/mol. The van der Waals surface area contributed by atoms with Gasteiger partial charge in [0.25, 0.3) is 0 Å². The fourth-order valence-electron chi connectivity index (χ4n) is 7.88. The standard InChI is InChI=1S/C23H38O2/c1-15(10-13-24)19-6-7-20-18-5-4-16-14-17(25)8-11-22(16,2)21(18)9-12-23(19,20)3/h9,15-20,24-25H,4-8,10-14H2,1-3H3/t15-,16?,17-,18?,19-,20?,22+,23-/m1/s1. The maximum atomic E-state index is 10.2. The van der Waals surface area contributed by atoms with Gasteiger partial charge in [-0.3, -0.25) is 0 Å². The molecular formula is C23H38O2. The summed E-state index contributed by atoms with van der Waals surface area (Å²) in [6, 6.07) is 0. The van der Waals surface area contributed by atoms with E-state index in [-0.39, 0.29) is 6.10 Å². The van der Waals surface area contributed by atoms with Crippen LogP contribution in [0.1, 0.15) is 78.6 Å². The molecule has 8 atom stereocenters. The summed E-state index contributed by atoms with van der Waals surface area (Å²) in [4.78, 5) is 0. The second-order valence-corrected chi connectivity index (χ2v) is 10.4. The molecule has 0 aromatic rings. The van der Waals surface area contributed by atoms with Gasteiger partial charge in [-0.15, -0.1) is 0 Å². The van der Waals surface area contributed by atoms with Crippen LogP contribution in [0, 0.1) is 40.4 Å². The van der Waals surface area contributed by atoms with Crippen LogP contribution in [0.4, 0.5) is 0 Å². The fourth-order valence-corrected chi connectivity index (χ4v) is 7.88. The molecule has 4 aliphatic rings. The lowest BCUT2D eigenvalue weighted by Gasteiger charge is -2.57. The van der Waals surface area contributed by atoms with Crippen molar-refractivity contribution in [2.45, 2.75) is 84.7 Å². The van der Waals surface area contributed by atoms with E-state index in [4.69, 9.17) is 0 Å². The minimum absolute atomic E-state index is 0.0562. The molecule has 0 aromatic carbocycles. The highest BCUT2D eigenvalue weighted by Gasteiger charge is 2.57. The van der Waals surface area contributed by atoms with E-state index in [1.54, 1.807) is 5.57 Å². The second-order valence-electron chi connectivity index (χ2n) is 10.4. The summed E-state index contributed by atoms with van der Waals surface area (Å²) in [6.45, 7) is 7.79. The lowest BCUT2D eigenvalue weighted by atomic mass is 9.48. The van der Waals surface area contributed by atoms with E-state index >= 15 is 0 Å². The summed E-state index contributed by atoms with van der Waals surface area (Å²) in [5.74, 6) is 3.77. The molecule has 25 heavy (non-hydrogen) atoms. The Morgan fingerprint density at radius 3 is 2.72 bits per heavy atom. The minimum atomic E-state index is -0.0562. The topological polar surface area (TPSA) is 40.5 Å². The lowest BCUT2D eigenvalue weighted by molar-refractivity contribution is -0.0162. The Balaban J connectivity index is 1.62. The van der Waals surface area contributed by atoms with Crippen molar-refractivity contribution in [1.29, 1.82) is 0 Å². The number of rotatable bonds is 3. The van der Waals surface area contributed by atoms with Crippen LogP contribution in [0.5, 0.6) is 0 Å². The molecule has 4 aliphatic carbocycles. The zero-order chi connectivity index (χ0) is 17.8. The van der Waals surface area contributed by atoms with Gasteiger partial charge in [-0.05, 0) is 98.2 Å². The van der Waals surface area contributed by atoms with E-state index < -0.39 is 0 Å². The van der Waals surface area contributed by atoms with Crippen LogP contribution in [-0.2, 0) is 0 Å². The largest absolute Gasteiger partial charge is 0.396 e. The third-order valence-electron chi connectivity index (χ3n) is 9.34. The molecule has 3 fully saturated rings. The zero-order valence-electron chi connectivity index (χ0n) is 16.5. The van der Waals surface area contributed by atoms with Gasteiger partial charge >= 0.3 is 0 Å². The Kier molecular flexibility index (Phi) is 4.60. The SMILES string of the molecule is C[C@H](CCO)[C@H]1CCC2C3CCC4C[C@H](O)CC[C@]4(C)C3=CC[C@@]21C. The van der Waals surface area contributed by atoms with Gasteiger partial charge in [-0.1, -0.05) is 32.4 Å². The summed E-state index contributed by atoms with van der Waals surface area (Å²) in [5.41, 5.74) is 2.59. The van der Waals surface area contributed by atoms with E-state index in [0.717, 1.165) is 37.0 Å². The quantitative estimate of drug-likeness (QED) is 0.710. The monoisotopic (exact) mass is 346 g/mol. The van der Waals surface area contributed by atoms with Gasteiger partial charge in [-0.2, -0.15) is 0 Å². The highest BCUT2D eigenvalue weighted by atomic mass is 16.3. The third kappa shape index (κ3) is 2.65. The van der Waals surface area contributed by atoms with Gasteiger partial charge in [0, 0.05) is 6.61 Å². The maximum absolute atomic E-state index is 10.2. The molecule has 2 N–H and O–H groups in total. The molecule has 0 radical (unpaired) electrons. The Hall–Kier alpha value is -0.340. The number of hydrogen-bond donors (Lipinski definition) is 2. The number of aliphatic hydroxyl groups excluding tert-OH is 2. The van der Waals surface area contributed by atoms with Crippen molar-refractivity contribution in [1.82, 2.24) is 0 Å². The summed E-state index contributed by atoms with van der Waals surface area (Å²) in [5, 5.41) is 19.6. The summed E-state index contributed by atoms with van der Waals surface area (Å²) in [6.07, 6.45) is 13.4. The van der Waals surface area contributed by atoms with E-state index in [0.29, 0.717) is 29.3 Å². The normalized spacial score (nSPS) is 50.4. The van der Waals surface area contributed by atoms with E-state index in [1.165, 1.54) is 38.5 Å². The molecule has 0 bridgehead atoms. The van der Waals surface area contributed by atoms with Gasteiger partial charge in [-0.25, -0.2) is 0 Å². The molecule has 0 heterocycles. The molecule has 142 valence electrons. The van der Waals surface area contributed by atoms with Crippen LogP contribution in [0.25, 0.3) is 0 Å². The number of aliphatic hydroxyl groups is 2. The van der Waals surface area contributed by atoms with Gasteiger partial charge in [0.05, 0.1) is 6.10 Å². The predicted molar refractivity (Wildman–Crippen MR) is 102 cm³/mol. The first-order valence-electron chi connectivity index (χ1n) is 10.9. The highest BCUT2D eigenvalue weighted by molar-refractivity contribution is 5.29. The van der Waals surface area contributed by atoms with Crippen LogP contribution >= 0.6 is 0 Å². The van der Waals surface area contributed by atoms with Crippen LogP contribution < -0.4 is 0 Å². The number of allylic oxidation sites excluding steroid dienone is 2. The predicted octanol–water partition coefficient (Wildman–Crippen LogP) is 4.94. The fraction of sp³-hybridized carbons (Fsp3) is 0.913. The van der Waals surface area contributed by atoms with Gasteiger partial charge in [0.2, 0.25) is 0 Å². The summed E-state index contributed by atoms with van der Waals surface area (Å²) in [7, 11) is 0. The molecule has 0 spiro atoms. The van der Waals surface area contributed by atoms with Crippen LogP contribution in [0.2, 0.25) is 0 Å². The molecule has 4 rings (SSSR count). The first kappa shape index (κ1) is 18.0. The molecule has 2 heteroatoms. The molecule has 3 unspecified atom stereocenters. The van der Waals surface area contributed by atoms with Crippen molar-refractivity contribution in [2.75, 3.05) is 6.61 Å². The van der Waals surface area contributed by atoms with Crippen molar-refractivity contribution in [3.63, 3.8) is 0 Å². The first-order chi connectivity index (χ1) is 11.9. The van der Waals surface area contributed by atoms with Crippen molar-refractivity contribution in [2.24, 2.45) is 40.4 Å². The van der Waals surface area contributed by atoms with Gasteiger partial charge < -0.3 is 10.2 Å². The minimum Gasteiger partial charge on any atom is -0.396 e. The zero-order valence-corrected chi connectivity index (χ0v) is 16.5. The molecule has 2 nitrogen and oxygen atoms in total. The third-order valence-corrected chi connectivity index (χ3v) is 9.34. The maximum Gasteiger partial charge on any atom is 0.0543 e. The van der Waals surface area contributed by atoms with Crippen molar-refractivity contribution >= 4 is 0 Å². The van der Waals surface area contributed by atoms with Gasteiger partial charge in [0.15, 0.2) is 0 Å². The molecule has 3 saturated carbocycles. The Bertz CT molecular complexity index is 540. The smallest absolute Gasteiger partial charge is 0.0543 e. The van der Waals surface area contributed by atoms with Crippen molar-refractivity contribution in [3.8, 4) is 0 Å². The Morgan fingerprint density at radius 2 is 1.96 bits per heavy atom. The van der Waals surface area contributed by atoms with E-state index in [2.05, 4.69) is 26.8 Å².